The fraction of sp³-hybridized carbons (Fsp3) is 0.314. The van der Waals surface area contributed by atoms with Crippen LogP contribution in [0.3, 0.4) is 0 Å². The number of amides is 4. The molecule has 2 fully saturated rings. The summed E-state index contributed by atoms with van der Waals surface area (Å²) in [5.74, 6) is -2.87. The Morgan fingerprint density at radius 3 is 2.34 bits per heavy atom. The Morgan fingerprint density at radius 2 is 1.57 bits per heavy atom. The van der Waals surface area contributed by atoms with Crippen molar-refractivity contribution in [2.75, 3.05) is 24.5 Å². The lowest BCUT2D eigenvalue weighted by Gasteiger charge is -2.31. The highest BCUT2D eigenvalue weighted by Gasteiger charge is 2.71. The van der Waals surface area contributed by atoms with Crippen LogP contribution in [0, 0.1) is 11.8 Å². The van der Waals surface area contributed by atoms with Crippen LogP contribution in [-0.4, -0.2) is 64.1 Å². The van der Waals surface area contributed by atoms with Gasteiger partial charge in [0.1, 0.15) is 12.1 Å². The average molecular weight is 590 g/mol. The lowest BCUT2D eigenvalue weighted by molar-refractivity contribution is -0.143. The Balaban J connectivity index is 1.33. The van der Waals surface area contributed by atoms with E-state index in [0.717, 1.165) is 22.0 Å². The van der Waals surface area contributed by atoms with Gasteiger partial charge in [-0.1, -0.05) is 66.7 Å². The minimum Gasteiger partial charge on any atom is -0.361 e. The molecule has 3 aromatic carbocycles. The van der Waals surface area contributed by atoms with Crippen molar-refractivity contribution in [3.63, 3.8) is 0 Å². The van der Waals surface area contributed by atoms with Crippen molar-refractivity contribution in [3.8, 4) is 0 Å². The monoisotopic (exact) mass is 589 g/mol. The topological polar surface area (TPSA) is 106 Å². The van der Waals surface area contributed by atoms with Gasteiger partial charge in [0.15, 0.2) is 0 Å². The zero-order valence-corrected chi connectivity index (χ0v) is 24.8. The van der Waals surface area contributed by atoms with Crippen molar-refractivity contribution >= 4 is 40.2 Å². The molecule has 4 aromatic rings. The number of likely N-dealkylation sites (tertiary alicyclic amines) is 1. The van der Waals surface area contributed by atoms with E-state index in [2.05, 4.69) is 10.3 Å². The summed E-state index contributed by atoms with van der Waals surface area (Å²) >= 11 is 0. The summed E-state index contributed by atoms with van der Waals surface area (Å²) < 4.78 is 0. The van der Waals surface area contributed by atoms with Crippen LogP contribution in [0.1, 0.15) is 30.5 Å². The van der Waals surface area contributed by atoms with Gasteiger partial charge in [-0.3, -0.25) is 29.4 Å². The first-order chi connectivity index (χ1) is 21.4. The maximum Gasteiger partial charge on any atom is 0.253 e. The van der Waals surface area contributed by atoms with Gasteiger partial charge in [-0.15, -0.1) is 0 Å². The number of carbonyl (C=O) groups is 4. The highest BCUT2D eigenvalue weighted by atomic mass is 16.2. The lowest BCUT2D eigenvalue weighted by Crippen LogP contribution is -2.56. The van der Waals surface area contributed by atoms with Crippen molar-refractivity contribution in [2.24, 2.45) is 11.8 Å². The van der Waals surface area contributed by atoms with Crippen LogP contribution in [0.15, 0.2) is 85.1 Å². The molecule has 9 heteroatoms. The number of likely N-dealkylation sites (N-methyl/N-ethyl adjacent to an activating group) is 1. The van der Waals surface area contributed by atoms with E-state index in [1.54, 1.807) is 4.90 Å². The maximum absolute atomic E-state index is 14.7. The van der Waals surface area contributed by atoms with E-state index in [4.69, 9.17) is 0 Å². The Hall–Kier alpha value is -4.76. The Kier molecular flexibility index (Phi) is 6.85. The lowest BCUT2D eigenvalue weighted by atomic mass is 9.76. The summed E-state index contributed by atoms with van der Waals surface area (Å²) in [4.78, 5) is 64.6. The van der Waals surface area contributed by atoms with E-state index >= 15 is 0 Å². The van der Waals surface area contributed by atoms with Crippen LogP contribution in [0.25, 0.3) is 10.9 Å². The number of H-pyrrole nitrogens is 1. The normalized spacial score (nSPS) is 24.0. The molecule has 1 aromatic heterocycles. The predicted octanol–water partition coefficient (Wildman–Crippen LogP) is 3.59. The molecule has 3 aliphatic rings. The van der Waals surface area contributed by atoms with Gasteiger partial charge in [0.05, 0.1) is 18.4 Å². The minimum atomic E-state index is -1.47. The quantitative estimate of drug-likeness (QED) is 0.306. The molecular weight excluding hydrogens is 554 g/mol. The summed E-state index contributed by atoms with van der Waals surface area (Å²) in [7, 11) is 0. The molecule has 0 aliphatic carbocycles. The number of anilines is 1. The average Bonchev–Trinajstić information content (AvgIpc) is 3.74. The highest BCUT2D eigenvalue weighted by Crippen LogP contribution is 2.55. The first-order valence-corrected chi connectivity index (χ1v) is 15.3. The number of hydrogen-bond acceptors (Lipinski definition) is 5. The fourth-order valence-corrected chi connectivity index (χ4v) is 7.61. The second-order valence-corrected chi connectivity index (χ2v) is 11.8. The molecule has 4 atom stereocenters. The number of rotatable bonds is 8. The molecule has 0 bridgehead atoms. The molecule has 4 heterocycles. The number of aromatic nitrogens is 1. The molecule has 44 heavy (non-hydrogen) atoms. The molecule has 0 radical (unpaired) electrons. The maximum atomic E-state index is 14.7. The van der Waals surface area contributed by atoms with Crippen molar-refractivity contribution < 1.29 is 19.2 Å². The van der Waals surface area contributed by atoms with Gasteiger partial charge in [-0.05, 0) is 43.5 Å². The number of nitrogens with one attached hydrogen (secondary N) is 2. The van der Waals surface area contributed by atoms with E-state index in [9.17, 15) is 19.2 Å². The number of aromatic amines is 1. The molecule has 9 nitrogen and oxygen atoms in total. The van der Waals surface area contributed by atoms with Gasteiger partial charge in [-0.2, -0.15) is 0 Å². The molecule has 224 valence electrons. The van der Waals surface area contributed by atoms with Gasteiger partial charge in [0.25, 0.3) is 5.91 Å². The third-order valence-corrected chi connectivity index (χ3v) is 9.67. The summed E-state index contributed by atoms with van der Waals surface area (Å²) in [5, 5.41) is 4.62. The second-order valence-electron chi connectivity index (χ2n) is 11.8. The zero-order chi connectivity index (χ0) is 30.6. The molecule has 4 amide bonds. The molecule has 0 saturated carbocycles. The Morgan fingerprint density at radius 1 is 0.864 bits per heavy atom. The summed E-state index contributed by atoms with van der Waals surface area (Å²) in [6, 6.07) is 24.3. The first-order valence-electron chi connectivity index (χ1n) is 15.3. The van der Waals surface area contributed by atoms with E-state index in [1.165, 1.54) is 9.80 Å². The van der Waals surface area contributed by atoms with Crippen LogP contribution in [-0.2, 0) is 37.7 Å². The molecule has 1 spiro atoms. The summed E-state index contributed by atoms with van der Waals surface area (Å²) in [6.45, 7) is 4.88. The zero-order valence-electron chi connectivity index (χ0n) is 24.8. The molecule has 2 N–H and O–H groups in total. The van der Waals surface area contributed by atoms with Crippen molar-refractivity contribution in [1.29, 1.82) is 0 Å². The second kappa shape index (κ2) is 10.7. The number of imide groups is 1. The first kappa shape index (κ1) is 28.0. The Bertz CT molecular complexity index is 1780. The van der Waals surface area contributed by atoms with Gasteiger partial charge in [0, 0.05) is 47.5 Å². The molecule has 2 saturated heterocycles. The number of nitrogens with zero attached hydrogens (tertiary/aromatic N) is 3. The molecule has 0 unspecified atom stereocenters. The van der Waals surface area contributed by atoms with Gasteiger partial charge < -0.3 is 14.8 Å². The number of carbonyl (C=O) groups excluding carboxylic acids is 4. The standard InChI is InChI=1S/C35H35N5O4/c1-3-38(4-2)29(41)21-39-28-17-11-9-15-25(28)35(34(39)44)31-30(32(42)40(33(31)43)20-22-12-6-5-7-13-22)27(37-35)18-23-19-36-26-16-10-8-14-24(23)26/h5-17,19,27,30-31,36-37H,3-4,18,20-21H2,1-2H3/t27-,30+,31+,35+/m1/s1. The van der Waals surface area contributed by atoms with E-state index in [0.29, 0.717) is 30.8 Å². The van der Waals surface area contributed by atoms with Gasteiger partial charge in [0.2, 0.25) is 17.7 Å². The SMILES string of the molecule is CCN(CC)C(=O)CN1C(=O)[C@]2(N[C@H](Cc3c[nH]c4ccccc34)[C@@H]3C(=O)N(Cc4ccccc4)C(=O)[C@H]32)c2ccccc21. The predicted molar refractivity (Wildman–Crippen MR) is 166 cm³/mol. The fourth-order valence-electron chi connectivity index (χ4n) is 7.61. The van der Waals surface area contributed by atoms with Crippen molar-refractivity contribution in [3.05, 3.63) is 102 Å². The minimum absolute atomic E-state index is 0.138. The van der Waals surface area contributed by atoms with Crippen molar-refractivity contribution in [2.45, 2.75) is 38.4 Å². The smallest absolute Gasteiger partial charge is 0.253 e. The van der Waals surface area contributed by atoms with Gasteiger partial charge in [-0.25, -0.2) is 0 Å². The summed E-state index contributed by atoms with van der Waals surface area (Å²) in [6.07, 6.45) is 2.38. The third-order valence-electron chi connectivity index (χ3n) is 9.67. The van der Waals surface area contributed by atoms with Crippen LogP contribution in [0.4, 0.5) is 5.69 Å². The van der Waals surface area contributed by atoms with Crippen LogP contribution in [0.5, 0.6) is 0 Å². The van der Waals surface area contributed by atoms with Crippen LogP contribution >= 0.6 is 0 Å². The van der Waals surface area contributed by atoms with E-state index in [-0.39, 0.29) is 36.7 Å². The van der Waals surface area contributed by atoms with E-state index < -0.39 is 23.4 Å². The van der Waals surface area contributed by atoms with E-state index in [1.807, 2.05) is 98.9 Å². The molecular formula is C35H35N5O4. The molecule has 3 aliphatic heterocycles. The third kappa shape index (κ3) is 4.10. The number of para-hydroxylation sites is 2. The number of benzene rings is 3. The van der Waals surface area contributed by atoms with Crippen LogP contribution in [0.2, 0.25) is 0 Å². The number of fused-ring (bicyclic) bond motifs is 5. The summed E-state index contributed by atoms with van der Waals surface area (Å²) in [5.41, 5.74) is 2.58. The van der Waals surface area contributed by atoms with Crippen LogP contribution < -0.4 is 10.2 Å². The largest absolute Gasteiger partial charge is 0.361 e. The Labute approximate surface area is 255 Å². The van der Waals surface area contributed by atoms with Crippen molar-refractivity contribution in [1.82, 2.24) is 20.1 Å². The molecule has 7 rings (SSSR count). The number of hydrogen-bond donors (Lipinski definition) is 2. The van der Waals surface area contributed by atoms with Gasteiger partial charge >= 0.3 is 0 Å². The highest BCUT2D eigenvalue weighted by molar-refractivity contribution is 6.17.